The molecule has 2 rings (SSSR count). The molecule has 2 amide bonds. The van der Waals surface area contributed by atoms with E-state index in [1.54, 1.807) is 30.3 Å². The minimum atomic E-state index is -1.16. The number of aliphatic carboxylic acids is 1. The summed E-state index contributed by atoms with van der Waals surface area (Å²) in [4.78, 5) is 38.1. The van der Waals surface area contributed by atoms with Crippen molar-refractivity contribution in [2.45, 2.75) is 13.3 Å². The van der Waals surface area contributed by atoms with Gasteiger partial charge in [0, 0.05) is 23.5 Å². The molecule has 0 aliphatic carbocycles. The molecular formula is C19H18BrN3O5. The predicted molar refractivity (Wildman–Crippen MR) is 108 cm³/mol. The Labute approximate surface area is 169 Å². The molecule has 28 heavy (non-hydrogen) atoms. The van der Waals surface area contributed by atoms with E-state index in [1.807, 2.05) is 0 Å². The Bertz CT molecular complexity index is 926. The van der Waals surface area contributed by atoms with Gasteiger partial charge in [0.05, 0.1) is 5.56 Å². The van der Waals surface area contributed by atoms with Crippen molar-refractivity contribution in [2.24, 2.45) is 10.7 Å². The molecule has 0 bridgehead atoms. The summed E-state index contributed by atoms with van der Waals surface area (Å²) in [5.74, 6) is -1.79. The van der Waals surface area contributed by atoms with Crippen LogP contribution in [0, 0.1) is 0 Å². The van der Waals surface area contributed by atoms with Crippen molar-refractivity contribution in [1.29, 1.82) is 0 Å². The number of amidine groups is 1. The highest BCUT2D eigenvalue weighted by atomic mass is 79.9. The smallest absolute Gasteiger partial charge is 0.341 e. The van der Waals surface area contributed by atoms with Crippen LogP contribution in [0.4, 0.5) is 5.69 Å². The number of carbonyl (C=O) groups excluding carboxylic acids is 2. The van der Waals surface area contributed by atoms with Crippen LogP contribution in [-0.4, -0.2) is 35.3 Å². The molecule has 0 unspecified atom stereocenters. The molecule has 4 N–H and O–H groups in total. The van der Waals surface area contributed by atoms with Crippen LogP contribution in [0.15, 0.2) is 51.9 Å². The molecule has 0 radical (unpaired) electrons. The van der Waals surface area contributed by atoms with Gasteiger partial charge < -0.3 is 20.9 Å². The van der Waals surface area contributed by atoms with E-state index in [-0.39, 0.29) is 29.5 Å². The van der Waals surface area contributed by atoms with Gasteiger partial charge in [-0.2, -0.15) is 4.99 Å². The molecule has 0 saturated carbocycles. The normalized spacial score (nSPS) is 11.0. The van der Waals surface area contributed by atoms with Crippen molar-refractivity contribution in [3.05, 3.63) is 58.1 Å². The van der Waals surface area contributed by atoms with Gasteiger partial charge in [-0.1, -0.05) is 28.1 Å². The van der Waals surface area contributed by atoms with Gasteiger partial charge in [-0.15, -0.1) is 0 Å². The van der Waals surface area contributed by atoms with Crippen LogP contribution < -0.4 is 15.8 Å². The maximum absolute atomic E-state index is 12.5. The number of aliphatic imine (C=N–C) groups is 1. The van der Waals surface area contributed by atoms with Gasteiger partial charge in [-0.05, 0) is 35.9 Å². The number of rotatable bonds is 7. The first-order valence-corrected chi connectivity index (χ1v) is 8.92. The molecule has 0 aliphatic heterocycles. The Morgan fingerprint density at radius 2 is 1.86 bits per heavy atom. The lowest BCUT2D eigenvalue weighted by Gasteiger charge is -2.09. The highest BCUT2D eigenvalue weighted by Gasteiger charge is 2.14. The molecule has 2 aromatic rings. The van der Waals surface area contributed by atoms with E-state index in [2.05, 4.69) is 26.2 Å². The van der Waals surface area contributed by atoms with Crippen LogP contribution >= 0.6 is 15.9 Å². The SMILES string of the molecule is CC(=O)Nc1ccc(CC(N)=NC(=O)c2cc(Br)ccc2OCC(=O)O)cc1. The second-order valence-corrected chi connectivity index (χ2v) is 6.70. The topological polar surface area (TPSA) is 131 Å². The van der Waals surface area contributed by atoms with Gasteiger partial charge in [0.1, 0.15) is 11.6 Å². The zero-order valence-corrected chi connectivity index (χ0v) is 16.5. The molecule has 0 heterocycles. The standard InChI is InChI=1S/C19H18BrN3O5/c1-11(24)22-14-5-2-12(3-6-14)8-17(21)23-19(27)15-9-13(20)4-7-16(15)28-10-18(25)26/h2-7,9H,8,10H2,1H3,(H,22,24)(H,25,26)(H2,21,23,27). The van der Waals surface area contributed by atoms with Crippen molar-refractivity contribution < 1.29 is 24.2 Å². The maximum Gasteiger partial charge on any atom is 0.341 e. The zero-order valence-electron chi connectivity index (χ0n) is 14.9. The Balaban J connectivity index is 2.13. The summed E-state index contributed by atoms with van der Waals surface area (Å²) in [5, 5.41) is 11.4. The van der Waals surface area contributed by atoms with Crippen LogP contribution in [0.3, 0.4) is 0 Å². The molecule has 2 aromatic carbocycles. The molecule has 8 nitrogen and oxygen atoms in total. The fraction of sp³-hybridized carbons (Fsp3) is 0.158. The summed E-state index contributed by atoms with van der Waals surface area (Å²) in [6.45, 7) is 0.836. The fourth-order valence-electron chi connectivity index (χ4n) is 2.28. The van der Waals surface area contributed by atoms with E-state index >= 15 is 0 Å². The molecule has 0 fully saturated rings. The monoisotopic (exact) mass is 447 g/mol. The quantitative estimate of drug-likeness (QED) is 0.441. The molecule has 9 heteroatoms. The van der Waals surface area contributed by atoms with Crippen molar-refractivity contribution >= 4 is 45.2 Å². The van der Waals surface area contributed by atoms with Crippen LogP contribution in [0.5, 0.6) is 5.75 Å². The molecule has 0 aromatic heterocycles. The Morgan fingerprint density at radius 1 is 1.18 bits per heavy atom. The molecule has 0 spiro atoms. The molecule has 0 atom stereocenters. The number of nitrogens with zero attached hydrogens (tertiary/aromatic N) is 1. The van der Waals surface area contributed by atoms with E-state index in [0.29, 0.717) is 10.2 Å². The summed E-state index contributed by atoms with van der Waals surface area (Å²) in [7, 11) is 0. The molecule has 0 aliphatic rings. The number of carboxylic acids is 1. The Kier molecular flexibility index (Phi) is 7.28. The Morgan fingerprint density at radius 3 is 2.46 bits per heavy atom. The second-order valence-electron chi connectivity index (χ2n) is 5.79. The number of benzene rings is 2. The number of anilines is 1. The predicted octanol–water partition coefficient (Wildman–Crippen LogP) is 2.61. The van der Waals surface area contributed by atoms with Crippen LogP contribution in [-0.2, 0) is 16.0 Å². The third-order valence-electron chi connectivity index (χ3n) is 3.43. The highest BCUT2D eigenvalue weighted by molar-refractivity contribution is 9.10. The highest BCUT2D eigenvalue weighted by Crippen LogP contribution is 2.24. The minimum absolute atomic E-state index is 0.0847. The summed E-state index contributed by atoms with van der Waals surface area (Å²) in [6, 6.07) is 11.6. The maximum atomic E-state index is 12.5. The summed E-state index contributed by atoms with van der Waals surface area (Å²) in [6.07, 6.45) is 0.228. The second kappa shape index (κ2) is 9.65. The van der Waals surface area contributed by atoms with Crippen molar-refractivity contribution in [3.8, 4) is 5.75 Å². The molecular weight excluding hydrogens is 430 g/mol. The number of halogens is 1. The number of carbonyl (C=O) groups is 3. The number of hydrogen-bond donors (Lipinski definition) is 3. The molecule has 146 valence electrons. The lowest BCUT2D eigenvalue weighted by molar-refractivity contribution is -0.139. The van der Waals surface area contributed by atoms with Crippen molar-refractivity contribution in [1.82, 2.24) is 0 Å². The van der Waals surface area contributed by atoms with E-state index in [1.165, 1.54) is 19.1 Å². The lowest BCUT2D eigenvalue weighted by atomic mass is 10.1. The average Bonchev–Trinajstić information content (AvgIpc) is 2.61. The first-order chi connectivity index (χ1) is 13.2. The zero-order chi connectivity index (χ0) is 20.7. The summed E-state index contributed by atoms with van der Waals surface area (Å²) >= 11 is 3.25. The fourth-order valence-corrected chi connectivity index (χ4v) is 2.64. The van der Waals surface area contributed by atoms with Crippen LogP contribution in [0.25, 0.3) is 0 Å². The number of hydrogen-bond acceptors (Lipinski definition) is 4. The van der Waals surface area contributed by atoms with Gasteiger partial charge in [0.25, 0.3) is 5.91 Å². The van der Waals surface area contributed by atoms with Crippen LogP contribution in [0.2, 0.25) is 0 Å². The van der Waals surface area contributed by atoms with Crippen LogP contribution in [0.1, 0.15) is 22.8 Å². The number of carboxylic acid groups (broad SMARTS) is 1. The Hall–Kier alpha value is -3.20. The lowest BCUT2D eigenvalue weighted by Crippen LogP contribution is -2.18. The van der Waals surface area contributed by atoms with Gasteiger partial charge in [-0.3, -0.25) is 9.59 Å². The van der Waals surface area contributed by atoms with Gasteiger partial charge in [-0.25, -0.2) is 4.79 Å². The number of nitrogens with two attached hydrogens (primary N) is 1. The average molecular weight is 448 g/mol. The molecule has 0 saturated heterocycles. The van der Waals surface area contributed by atoms with Gasteiger partial charge in [0.15, 0.2) is 6.61 Å². The minimum Gasteiger partial charge on any atom is -0.481 e. The van der Waals surface area contributed by atoms with Gasteiger partial charge in [0.2, 0.25) is 5.91 Å². The summed E-state index contributed by atoms with van der Waals surface area (Å²) < 4.78 is 5.75. The third kappa shape index (κ3) is 6.51. The first kappa shape index (κ1) is 21.1. The van der Waals surface area contributed by atoms with Gasteiger partial charge >= 0.3 is 5.97 Å². The van der Waals surface area contributed by atoms with E-state index in [4.69, 9.17) is 15.6 Å². The van der Waals surface area contributed by atoms with E-state index in [9.17, 15) is 14.4 Å². The van der Waals surface area contributed by atoms with E-state index < -0.39 is 18.5 Å². The number of nitrogens with one attached hydrogen (secondary N) is 1. The first-order valence-electron chi connectivity index (χ1n) is 8.12. The van der Waals surface area contributed by atoms with E-state index in [0.717, 1.165) is 5.56 Å². The number of amides is 2. The van der Waals surface area contributed by atoms with Crippen molar-refractivity contribution in [2.75, 3.05) is 11.9 Å². The third-order valence-corrected chi connectivity index (χ3v) is 3.92. The summed E-state index contributed by atoms with van der Waals surface area (Å²) in [5.41, 5.74) is 7.44. The number of ether oxygens (including phenoxy) is 1. The van der Waals surface area contributed by atoms with Crippen molar-refractivity contribution in [3.63, 3.8) is 0 Å². The largest absolute Gasteiger partial charge is 0.481 e.